The van der Waals surface area contributed by atoms with Crippen molar-refractivity contribution in [2.75, 3.05) is 26.2 Å². The zero-order valence-electron chi connectivity index (χ0n) is 17.9. The molecule has 0 N–H and O–H groups in total. The first-order chi connectivity index (χ1) is 13.9. The molecule has 1 aromatic carbocycles. The molecule has 1 heterocycles. The highest BCUT2D eigenvalue weighted by Crippen LogP contribution is 2.27. The van der Waals surface area contributed by atoms with Gasteiger partial charge in [-0.05, 0) is 30.7 Å². The van der Waals surface area contributed by atoms with Crippen LogP contribution in [0.4, 0.5) is 0 Å². The molecule has 29 heavy (non-hydrogen) atoms. The minimum absolute atomic E-state index is 0.0164. The van der Waals surface area contributed by atoms with Crippen LogP contribution in [0.25, 0.3) is 0 Å². The van der Waals surface area contributed by atoms with Crippen LogP contribution < -0.4 is 0 Å². The summed E-state index contributed by atoms with van der Waals surface area (Å²) in [5, 5.41) is 0. The van der Waals surface area contributed by atoms with Crippen LogP contribution in [0.3, 0.4) is 0 Å². The molecule has 0 aromatic heterocycles. The summed E-state index contributed by atoms with van der Waals surface area (Å²) in [6, 6.07) is 7.77. The van der Waals surface area contributed by atoms with E-state index < -0.39 is 0 Å². The van der Waals surface area contributed by atoms with Crippen molar-refractivity contribution in [2.45, 2.75) is 58.8 Å². The standard InChI is InChI=1S/C24H34N2O3/c1-18(2)17-19-7-9-20(10-8-19)22(27)11-12-23(28)25-13-15-26(16-14-25)24(29)21-5-3-4-6-21/h7-10,18,21H,3-6,11-17H2,1-2H3. The molecule has 0 spiro atoms. The molecular weight excluding hydrogens is 364 g/mol. The first-order valence-electron chi connectivity index (χ1n) is 11.1. The predicted octanol–water partition coefficient (Wildman–Crippen LogP) is 3.71. The van der Waals surface area contributed by atoms with Crippen LogP contribution in [0.5, 0.6) is 0 Å². The molecular formula is C24H34N2O3. The first kappa shape index (κ1) is 21.5. The van der Waals surface area contributed by atoms with Crippen LogP contribution in [0.1, 0.15) is 68.3 Å². The number of amides is 2. The van der Waals surface area contributed by atoms with Gasteiger partial charge in [0, 0.05) is 50.5 Å². The summed E-state index contributed by atoms with van der Waals surface area (Å²) >= 11 is 0. The Morgan fingerprint density at radius 3 is 2.07 bits per heavy atom. The lowest BCUT2D eigenvalue weighted by Gasteiger charge is -2.36. The molecule has 1 aliphatic heterocycles. The first-order valence-corrected chi connectivity index (χ1v) is 11.1. The third-order valence-corrected chi connectivity index (χ3v) is 6.13. The largest absolute Gasteiger partial charge is 0.339 e. The molecule has 5 nitrogen and oxygen atoms in total. The van der Waals surface area contributed by atoms with Gasteiger partial charge in [0.1, 0.15) is 0 Å². The second kappa shape index (κ2) is 10.0. The van der Waals surface area contributed by atoms with Crippen molar-refractivity contribution in [2.24, 2.45) is 11.8 Å². The van der Waals surface area contributed by atoms with Crippen molar-refractivity contribution in [3.05, 3.63) is 35.4 Å². The fourth-order valence-corrected chi connectivity index (χ4v) is 4.43. The maximum Gasteiger partial charge on any atom is 0.225 e. The van der Waals surface area contributed by atoms with Gasteiger partial charge >= 0.3 is 0 Å². The molecule has 1 saturated heterocycles. The number of hydrogen-bond acceptors (Lipinski definition) is 3. The Kier molecular flexibility index (Phi) is 7.45. The summed E-state index contributed by atoms with van der Waals surface area (Å²) in [6.07, 6.45) is 5.82. The van der Waals surface area contributed by atoms with Gasteiger partial charge in [-0.1, -0.05) is 51.0 Å². The third-order valence-electron chi connectivity index (χ3n) is 6.13. The van der Waals surface area contributed by atoms with Crippen molar-refractivity contribution in [1.29, 1.82) is 0 Å². The molecule has 2 aliphatic rings. The fourth-order valence-electron chi connectivity index (χ4n) is 4.43. The van der Waals surface area contributed by atoms with Crippen molar-refractivity contribution < 1.29 is 14.4 Å². The average molecular weight is 399 g/mol. The molecule has 5 heteroatoms. The van der Waals surface area contributed by atoms with Gasteiger partial charge in [0.15, 0.2) is 5.78 Å². The molecule has 2 fully saturated rings. The van der Waals surface area contributed by atoms with E-state index in [0.29, 0.717) is 37.7 Å². The second-order valence-electron chi connectivity index (χ2n) is 8.91. The molecule has 158 valence electrons. The average Bonchev–Trinajstić information content (AvgIpc) is 3.26. The van der Waals surface area contributed by atoms with Gasteiger partial charge in [-0.25, -0.2) is 0 Å². The van der Waals surface area contributed by atoms with Crippen molar-refractivity contribution in [3.63, 3.8) is 0 Å². The molecule has 1 aliphatic carbocycles. The van der Waals surface area contributed by atoms with E-state index in [1.807, 2.05) is 29.2 Å². The summed E-state index contributed by atoms with van der Waals surface area (Å²) in [7, 11) is 0. The highest BCUT2D eigenvalue weighted by Gasteiger charge is 2.30. The molecule has 2 amide bonds. The number of carbonyl (C=O) groups excluding carboxylic acids is 3. The van der Waals surface area contributed by atoms with Gasteiger partial charge in [0.2, 0.25) is 11.8 Å². The zero-order chi connectivity index (χ0) is 20.8. The van der Waals surface area contributed by atoms with Crippen LogP contribution in [0.15, 0.2) is 24.3 Å². The molecule has 1 saturated carbocycles. The highest BCUT2D eigenvalue weighted by atomic mass is 16.2. The summed E-state index contributed by atoms with van der Waals surface area (Å²) < 4.78 is 0. The Labute approximate surface area is 174 Å². The van der Waals surface area contributed by atoms with Gasteiger partial charge in [-0.2, -0.15) is 0 Å². The minimum Gasteiger partial charge on any atom is -0.339 e. The maximum atomic E-state index is 12.5. The lowest BCUT2D eigenvalue weighted by Crippen LogP contribution is -2.51. The minimum atomic E-state index is 0.0164. The summed E-state index contributed by atoms with van der Waals surface area (Å²) in [4.78, 5) is 41.2. The number of piperazine rings is 1. The van der Waals surface area contributed by atoms with E-state index in [4.69, 9.17) is 0 Å². The smallest absolute Gasteiger partial charge is 0.225 e. The van der Waals surface area contributed by atoms with Crippen molar-refractivity contribution >= 4 is 17.6 Å². The molecule has 0 radical (unpaired) electrons. The molecule has 0 atom stereocenters. The van der Waals surface area contributed by atoms with Crippen LogP contribution >= 0.6 is 0 Å². The predicted molar refractivity (Wildman–Crippen MR) is 114 cm³/mol. The normalized spacial score (nSPS) is 17.8. The van der Waals surface area contributed by atoms with E-state index >= 15 is 0 Å². The van der Waals surface area contributed by atoms with Crippen LogP contribution in [0, 0.1) is 11.8 Å². The van der Waals surface area contributed by atoms with E-state index in [1.54, 1.807) is 4.90 Å². The Morgan fingerprint density at radius 2 is 1.48 bits per heavy atom. The second-order valence-corrected chi connectivity index (χ2v) is 8.91. The van der Waals surface area contributed by atoms with E-state index in [9.17, 15) is 14.4 Å². The topological polar surface area (TPSA) is 57.7 Å². The number of Topliss-reactive ketones (excluding diaryl/α,β-unsaturated/α-hetero) is 1. The van der Waals surface area contributed by atoms with Crippen LogP contribution in [0.2, 0.25) is 0 Å². The number of hydrogen-bond donors (Lipinski definition) is 0. The Balaban J connectivity index is 1.41. The van der Waals surface area contributed by atoms with Gasteiger partial charge < -0.3 is 9.80 Å². The third kappa shape index (κ3) is 5.91. The summed E-state index contributed by atoms with van der Waals surface area (Å²) in [5.41, 5.74) is 1.91. The molecule has 1 aromatic rings. The number of carbonyl (C=O) groups is 3. The lowest BCUT2D eigenvalue weighted by molar-refractivity contribution is -0.142. The van der Waals surface area contributed by atoms with E-state index in [0.717, 1.165) is 32.1 Å². The maximum absolute atomic E-state index is 12.5. The fraction of sp³-hybridized carbons (Fsp3) is 0.625. The van der Waals surface area contributed by atoms with Gasteiger partial charge in [-0.15, -0.1) is 0 Å². The van der Waals surface area contributed by atoms with Gasteiger partial charge in [-0.3, -0.25) is 14.4 Å². The molecule has 3 rings (SSSR count). The van der Waals surface area contributed by atoms with Crippen molar-refractivity contribution in [1.82, 2.24) is 9.80 Å². The van der Waals surface area contributed by atoms with Crippen LogP contribution in [-0.4, -0.2) is 53.6 Å². The van der Waals surface area contributed by atoms with Gasteiger partial charge in [0.25, 0.3) is 0 Å². The number of ketones is 1. The highest BCUT2D eigenvalue weighted by molar-refractivity contribution is 5.98. The molecule has 0 unspecified atom stereocenters. The summed E-state index contributed by atoms with van der Waals surface area (Å²) in [5.74, 6) is 1.09. The Bertz CT molecular complexity index is 712. The lowest BCUT2D eigenvalue weighted by atomic mass is 9.99. The number of nitrogens with zero attached hydrogens (tertiary/aromatic N) is 2. The quantitative estimate of drug-likeness (QED) is 0.658. The van der Waals surface area contributed by atoms with E-state index in [2.05, 4.69) is 13.8 Å². The molecule has 0 bridgehead atoms. The SMILES string of the molecule is CC(C)Cc1ccc(C(=O)CCC(=O)N2CCN(C(=O)C3CCCC3)CC2)cc1. The number of rotatable bonds is 7. The van der Waals surface area contributed by atoms with E-state index in [1.165, 1.54) is 5.56 Å². The summed E-state index contributed by atoms with van der Waals surface area (Å²) in [6.45, 7) is 6.74. The Hall–Kier alpha value is -2.17. The number of benzene rings is 1. The van der Waals surface area contributed by atoms with E-state index in [-0.39, 0.29) is 36.4 Å². The van der Waals surface area contributed by atoms with Gasteiger partial charge in [0.05, 0.1) is 0 Å². The zero-order valence-corrected chi connectivity index (χ0v) is 17.9. The van der Waals surface area contributed by atoms with Crippen molar-refractivity contribution in [3.8, 4) is 0 Å². The monoisotopic (exact) mass is 398 g/mol. The Morgan fingerprint density at radius 1 is 0.897 bits per heavy atom. The van der Waals surface area contributed by atoms with Crippen LogP contribution in [-0.2, 0) is 16.0 Å².